The second kappa shape index (κ2) is 24.7. The monoisotopic (exact) mass is 771 g/mol. The van der Waals surface area contributed by atoms with Crippen molar-refractivity contribution in [2.75, 3.05) is 0 Å². The van der Waals surface area contributed by atoms with Crippen molar-refractivity contribution in [2.45, 2.75) is 12.8 Å². The summed E-state index contributed by atoms with van der Waals surface area (Å²) in [6, 6.07) is 33.1. The summed E-state index contributed by atoms with van der Waals surface area (Å²) in [5.74, 6) is -3.14. The number of esters is 2. The van der Waals surface area contributed by atoms with Gasteiger partial charge in [-0.3, -0.25) is 9.59 Å². The third-order valence-electron chi connectivity index (χ3n) is 3.43. The van der Waals surface area contributed by atoms with Gasteiger partial charge in [0.25, 0.3) is 0 Å². The molecule has 37 heavy (non-hydrogen) atoms. The number of ether oxygens (including phenoxy) is 2. The molecule has 8 nitrogen and oxygen atoms in total. The van der Waals surface area contributed by atoms with Crippen LogP contribution in [0.3, 0.4) is 0 Å². The Kier molecular flexibility index (Phi) is 25.7. The van der Waals surface area contributed by atoms with Crippen molar-refractivity contribution in [1.29, 1.82) is 0 Å². The second-order valence-electron chi connectivity index (χ2n) is 6.25. The van der Waals surface area contributed by atoms with E-state index in [4.69, 9.17) is 10.2 Å². The van der Waals surface area contributed by atoms with Gasteiger partial charge in [-0.15, -0.1) is 24.3 Å². The molecule has 4 aromatic rings. The molecule has 4 aromatic carbocycles. The molecule has 11 heteroatoms. The summed E-state index contributed by atoms with van der Waals surface area (Å²) in [5.41, 5.74) is 0. The van der Waals surface area contributed by atoms with Gasteiger partial charge in [0.2, 0.25) is 11.9 Å². The molecule has 0 saturated carbocycles. The molecule has 0 aliphatic rings. The molecule has 0 aliphatic carbocycles. The molecule has 4 rings (SSSR count). The van der Waals surface area contributed by atoms with Gasteiger partial charge in [-0.25, -0.2) is 24.3 Å². The van der Waals surface area contributed by atoms with E-state index in [0.717, 1.165) is 0 Å². The summed E-state index contributed by atoms with van der Waals surface area (Å²) in [7, 11) is 0. The van der Waals surface area contributed by atoms with Gasteiger partial charge in [-0.2, -0.15) is 60.7 Å². The zero-order valence-electron chi connectivity index (χ0n) is 19.2. The number of carboxylic acids is 2. The van der Waals surface area contributed by atoms with Crippen LogP contribution in [0.25, 0.3) is 0 Å². The first-order valence-corrected chi connectivity index (χ1v) is 9.98. The summed E-state index contributed by atoms with van der Waals surface area (Å²) in [6.45, 7) is 0. The Bertz CT molecular complexity index is 922. The largest absolute Gasteiger partial charge is 2.00 e. The van der Waals surface area contributed by atoms with Gasteiger partial charge in [0.15, 0.2) is 0 Å². The fourth-order valence-electron chi connectivity index (χ4n) is 2.07. The van der Waals surface area contributed by atoms with Crippen molar-refractivity contribution in [2.24, 2.45) is 0 Å². The average molecular weight is 771 g/mol. The Labute approximate surface area is 250 Å². The maximum absolute atomic E-state index is 10.7. The van der Waals surface area contributed by atoms with Crippen LogP contribution in [0.1, 0.15) is 12.8 Å². The van der Waals surface area contributed by atoms with Gasteiger partial charge < -0.3 is 29.3 Å². The van der Waals surface area contributed by atoms with E-state index in [1.54, 1.807) is 48.5 Å². The van der Waals surface area contributed by atoms with Gasteiger partial charge >= 0.3 is 33.0 Å². The summed E-state index contributed by atoms with van der Waals surface area (Å²) >= 11 is 0. The first-order chi connectivity index (χ1) is 16.4. The van der Waals surface area contributed by atoms with E-state index in [1.165, 1.54) is 0 Å². The normalized spacial score (nSPS) is 8.22. The van der Waals surface area contributed by atoms with E-state index in [9.17, 15) is 19.2 Å². The van der Waals surface area contributed by atoms with E-state index in [1.807, 2.05) is 60.7 Å². The topological polar surface area (TPSA) is 127 Å². The van der Waals surface area contributed by atoms with Crippen molar-refractivity contribution in [3.63, 3.8) is 0 Å². The van der Waals surface area contributed by atoms with Gasteiger partial charge in [0.05, 0.1) is 0 Å². The van der Waals surface area contributed by atoms with Gasteiger partial charge in [-0.1, -0.05) is 0 Å². The Balaban J connectivity index is -0.000000433. The Hall–Kier alpha value is -2.99. The van der Waals surface area contributed by atoms with Crippen LogP contribution in [0.15, 0.2) is 109 Å². The minimum atomic E-state index is -1.19. The van der Waals surface area contributed by atoms with Gasteiger partial charge in [-0.05, 0) is 0 Å². The number of hydrogen-bond acceptors (Lipinski definition) is 6. The Morgan fingerprint density at radius 3 is 1.03 bits per heavy atom. The summed E-state index contributed by atoms with van der Waals surface area (Å²) in [6.07, 6.45) is -1.21. The first kappa shape index (κ1) is 38.5. The van der Waals surface area contributed by atoms with Crippen LogP contribution < -0.4 is 9.47 Å². The molecule has 0 bridgehead atoms. The fraction of sp³-hybridized carbons (Fsp3) is 0.0769. The Morgan fingerprint density at radius 1 is 0.568 bits per heavy atom. The molecule has 0 saturated heterocycles. The van der Waals surface area contributed by atoms with Crippen LogP contribution in [-0.4, -0.2) is 34.1 Å². The SMILES string of the molecule is O=C(O)CC(=O)O[c-]1cccc1.O=C(O)CC(=O)O[c-]1cccc1.[Fe].[Fe].[Pt+2].c1cc[cH-]c1.c1cc[cH-]c1. The third-order valence-corrected chi connectivity index (χ3v) is 3.43. The standard InChI is InChI=1S/2C8H7O4.2C5H5.2Fe.Pt/c2*9-7(10)5-8(11)12-6-3-1-2-4-6;2*1-2-4-5-3-1;;;/h2*1-4H,5H2,(H,9,10);2*1-5H;;;/q4*-1;;;+2. The molecule has 0 spiro atoms. The molecule has 0 aliphatic heterocycles. The summed E-state index contributed by atoms with van der Waals surface area (Å²) in [4.78, 5) is 41.5. The first-order valence-electron chi connectivity index (χ1n) is 9.98. The summed E-state index contributed by atoms with van der Waals surface area (Å²) in [5, 5.41) is 16.4. The average Bonchev–Trinajstić information content (AvgIpc) is 3.59. The molecular formula is C26H24Fe2O8Pt-2. The summed E-state index contributed by atoms with van der Waals surface area (Å²) < 4.78 is 9.29. The number of carbonyl (C=O) groups is 4. The second-order valence-corrected chi connectivity index (χ2v) is 6.25. The van der Waals surface area contributed by atoms with Crippen LogP contribution in [0.5, 0.6) is 11.5 Å². The third kappa shape index (κ3) is 23.2. The van der Waals surface area contributed by atoms with Crippen LogP contribution >= 0.6 is 0 Å². The Morgan fingerprint density at radius 2 is 0.838 bits per heavy atom. The molecule has 0 radical (unpaired) electrons. The van der Waals surface area contributed by atoms with Crippen LogP contribution in [0.2, 0.25) is 0 Å². The van der Waals surface area contributed by atoms with Crippen LogP contribution in [-0.2, 0) is 74.4 Å². The van der Waals surface area contributed by atoms with E-state index in [2.05, 4.69) is 9.47 Å². The van der Waals surface area contributed by atoms with Crippen molar-refractivity contribution in [1.82, 2.24) is 0 Å². The maximum atomic E-state index is 10.7. The molecule has 0 aromatic heterocycles. The zero-order valence-corrected chi connectivity index (χ0v) is 23.7. The molecule has 0 heterocycles. The van der Waals surface area contributed by atoms with E-state index in [-0.39, 0.29) is 55.2 Å². The minimum Gasteiger partial charge on any atom is -0.517 e. The van der Waals surface area contributed by atoms with Gasteiger partial charge in [0, 0.05) is 45.6 Å². The maximum Gasteiger partial charge on any atom is 2.00 e. The number of carboxylic acid groups (broad SMARTS) is 2. The number of rotatable bonds is 6. The van der Waals surface area contributed by atoms with Crippen molar-refractivity contribution >= 4 is 23.9 Å². The fourth-order valence-corrected chi connectivity index (χ4v) is 2.07. The molecule has 0 atom stereocenters. The predicted octanol–water partition coefficient (Wildman–Crippen LogP) is 4.37. The van der Waals surface area contributed by atoms with Crippen LogP contribution in [0, 0.1) is 0 Å². The molecule has 2 N–H and O–H groups in total. The van der Waals surface area contributed by atoms with Crippen molar-refractivity contribution in [3.05, 3.63) is 109 Å². The van der Waals surface area contributed by atoms with Crippen LogP contribution in [0.4, 0.5) is 0 Å². The smallest absolute Gasteiger partial charge is 0.517 e. The minimum absolute atomic E-state index is 0. The van der Waals surface area contributed by atoms with E-state index in [0.29, 0.717) is 11.5 Å². The molecular weight excluding hydrogens is 747 g/mol. The predicted molar refractivity (Wildman–Crippen MR) is 124 cm³/mol. The number of carbonyl (C=O) groups excluding carboxylic acids is 2. The number of hydrogen-bond donors (Lipinski definition) is 2. The zero-order chi connectivity index (χ0) is 25.0. The molecule has 0 unspecified atom stereocenters. The van der Waals surface area contributed by atoms with E-state index < -0.39 is 36.7 Å². The van der Waals surface area contributed by atoms with Crippen molar-refractivity contribution in [3.8, 4) is 11.5 Å². The molecule has 0 amide bonds. The van der Waals surface area contributed by atoms with E-state index >= 15 is 0 Å². The molecule has 204 valence electrons. The molecule has 0 fully saturated rings. The van der Waals surface area contributed by atoms with Crippen molar-refractivity contribution < 1.29 is 94.1 Å². The number of aliphatic carboxylic acids is 2. The quantitative estimate of drug-likeness (QED) is 0.128. The van der Waals surface area contributed by atoms with Gasteiger partial charge in [0.1, 0.15) is 12.8 Å².